The van der Waals surface area contributed by atoms with E-state index in [9.17, 15) is 4.79 Å². The minimum Gasteiger partial charge on any atom is -0.461 e. The maximum absolute atomic E-state index is 11.4. The van der Waals surface area contributed by atoms with Gasteiger partial charge in [-0.2, -0.15) is 5.10 Å². The van der Waals surface area contributed by atoms with Crippen molar-refractivity contribution in [3.63, 3.8) is 0 Å². The fraction of sp³-hybridized carbons (Fsp3) is 0. The molecule has 0 unspecified atom stereocenters. The molecule has 0 aliphatic carbocycles. The number of carbonyl (C=O) groups is 1. The average Bonchev–Trinajstić information content (AvgIpc) is 2.77. The normalized spacial score (nSPS) is 10.0. The lowest BCUT2D eigenvalue weighted by Crippen LogP contribution is -1.96. The molecule has 0 aromatic carbocycles. The monoisotopic (exact) mass is 162 g/mol. The zero-order valence-corrected chi connectivity index (χ0v) is 6.15. The van der Waals surface area contributed by atoms with Gasteiger partial charge in [-0.25, -0.2) is 0 Å². The molecule has 0 bridgehead atoms. The van der Waals surface area contributed by atoms with E-state index in [4.69, 9.17) is 4.42 Å². The zero-order valence-electron chi connectivity index (χ0n) is 6.15. The molecule has 2 aromatic heterocycles. The Labute approximate surface area is 68.2 Å². The highest BCUT2D eigenvalue weighted by atomic mass is 16.3. The van der Waals surface area contributed by atoms with Gasteiger partial charge in [-0.3, -0.25) is 9.89 Å². The van der Waals surface area contributed by atoms with E-state index >= 15 is 0 Å². The summed E-state index contributed by atoms with van der Waals surface area (Å²) in [6.07, 6.45) is 4.46. The topological polar surface area (TPSA) is 58.9 Å². The number of carbonyl (C=O) groups excluding carboxylic acids is 1. The van der Waals surface area contributed by atoms with E-state index in [0.717, 1.165) is 0 Å². The molecule has 4 nitrogen and oxygen atoms in total. The number of aromatic nitrogens is 2. The maximum Gasteiger partial charge on any atom is 0.231 e. The number of aromatic amines is 1. The second-order valence-corrected chi connectivity index (χ2v) is 2.29. The molecule has 0 atom stereocenters. The third-order valence-corrected chi connectivity index (χ3v) is 1.51. The number of H-pyrrole nitrogens is 1. The first kappa shape index (κ1) is 6.84. The highest BCUT2D eigenvalue weighted by molar-refractivity contribution is 6.06. The van der Waals surface area contributed by atoms with Gasteiger partial charge in [-0.1, -0.05) is 0 Å². The number of nitrogens with zero attached hydrogens (tertiary/aromatic N) is 1. The van der Waals surface area contributed by atoms with Gasteiger partial charge in [-0.15, -0.1) is 0 Å². The smallest absolute Gasteiger partial charge is 0.231 e. The Morgan fingerprint density at radius 2 is 2.50 bits per heavy atom. The molecule has 60 valence electrons. The molecule has 1 N–H and O–H groups in total. The summed E-state index contributed by atoms with van der Waals surface area (Å²) in [4.78, 5) is 11.4. The van der Waals surface area contributed by atoms with Crippen LogP contribution < -0.4 is 0 Å². The molecule has 0 saturated carbocycles. The van der Waals surface area contributed by atoms with Crippen molar-refractivity contribution in [3.05, 3.63) is 42.1 Å². The number of hydrogen-bond acceptors (Lipinski definition) is 3. The van der Waals surface area contributed by atoms with E-state index in [1.165, 1.54) is 18.7 Å². The van der Waals surface area contributed by atoms with Crippen molar-refractivity contribution in [2.45, 2.75) is 0 Å². The summed E-state index contributed by atoms with van der Waals surface area (Å²) in [7, 11) is 0. The predicted octanol–water partition coefficient (Wildman–Crippen LogP) is 1.23. The molecule has 0 aliphatic heterocycles. The Hall–Kier alpha value is -1.84. The molecule has 0 aliphatic rings. The third kappa shape index (κ3) is 1.03. The molecule has 2 rings (SSSR count). The van der Waals surface area contributed by atoms with E-state index in [0.29, 0.717) is 11.3 Å². The van der Waals surface area contributed by atoms with Gasteiger partial charge in [0.15, 0.2) is 5.76 Å². The van der Waals surface area contributed by atoms with Crippen molar-refractivity contribution < 1.29 is 9.21 Å². The van der Waals surface area contributed by atoms with Crippen LogP contribution in [0.2, 0.25) is 0 Å². The van der Waals surface area contributed by atoms with Crippen LogP contribution in [0.1, 0.15) is 16.1 Å². The first-order valence-electron chi connectivity index (χ1n) is 3.45. The van der Waals surface area contributed by atoms with Crippen LogP contribution in [0.4, 0.5) is 0 Å². The lowest BCUT2D eigenvalue weighted by molar-refractivity contribution is 0.101. The van der Waals surface area contributed by atoms with Crippen LogP contribution in [0.5, 0.6) is 0 Å². The van der Waals surface area contributed by atoms with Gasteiger partial charge in [0.05, 0.1) is 18.0 Å². The summed E-state index contributed by atoms with van der Waals surface area (Å²) < 4.78 is 4.93. The highest BCUT2D eigenvalue weighted by Crippen LogP contribution is 2.07. The quantitative estimate of drug-likeness (QED) is 0.675. The summed E-state index contributed by atoms with van der Waals surface area (Å²) in [5, 5.41) is 6.23. The van der Waals surface area contributed by atoms with Crippen LogP contribution >= 0.6 is 0 Å². The van der Waals surface area contributed by atoms with E-state index in [1.807, 2.05) is 0 Å². The largest absolute Gasteiger partial charge is 0.461 e. The lowest BCUT2D eigenvalue weighted by Gasteiger charge is -1.88. The molecular formula is C8H6N2O2. The lowest BCUT2D eigenvalue weighted by atomic mass is 10.2. The summed E-state index contributed by atoms with van der Waals surface area (Å²) >= 11 is 0. The minimum atomic E-state index is -0.159. The number of hydrogen-bond donors (Lipinski definition) is 1. The zero-order chi connectivity index (χ0) is 8.39. The summed E-state index contributed by atoms with van der Waals surface area (Å²) in [5.41, 5.74) is 0.505. The van der Waals surface area contributed by atoms with Crippen LogP contribution in [-0.2, 0) is 0 Å². The third-order valence-electron chi connectivity index (χ3n) is 1.51. The van der Waals surface area contributed by atoms with Crippen molar-refractivity contribution >= 4 is 5.78 Å². The molecule has 0 amide bonds. The molecule has 2 heterocycles. The number of furan rings is 1. The van der Waals surface area contributed by atoms with Crippen molar-refractivity contribution in [1.29, 1.82) is 0 Å². The van der Waals surface area contributed by atoms with E-state index < -0.39 is 0 Å². The van der Waals surface area contributed by atoms with Crippen molar-refractivity contribution in [1.82, 2.24) is 10.2 Å². The molecule has 0 spiro atoms. The van der Waals surface area contributed by atoms with Crippen molar-refractivity contribution in [3.8, 4) is 0 Å². The predicted molar refractivity (Wildman–Crippen MR) is 40.7 cm³/mol. The number of nitrogens with one attached hydrogen (secondary N) is 1. The Kier molecular flexibility index (Phi) is 1.51. The molecular weight excluding hydrogens is 156 g/mol. The maximum atomic E-state index is 11.4. The standard InChI is InChI=1S/C8H6N2O2/c11-8(6-4-9-10-5-6)7-2-1-3-12-7/h1-5H,(H,9,10). The Morgan fingerprint density at radius 3 is 3.08 bits per heavy atom. The number of rotatable bonds is 2. The summed E-state index contributed by atoms with van der Waals surface area (Å²) in [6, 6.07) is 3.29. The summed E-state index contributed by atoms with van der Waals surface area (Å²) in [5.74, 6) is 0.171. The fourth-order valence-corrected chi connectivity index (χ4v) is 0.925. The van der Waals surface area contributed by atoms with Crippen LogP contribution in [0.3, 0.4) is 0 Å². The number of ketones is 1. The van der Waals surface area contributed by atoms with E-state index in [-0.39, 0.29) is 5.78 Å². The second kappa shape index (κ2) is 2.65. The van der Waals surface area contributed by atoms with Crippen LogP contribution in [0.15, 0.2) is 35.2 Å². The van der Waals surface area contributed by atoms with Gasteiger partial charge in [0.1, 0.15) is 0 Å². The van der Waals surface area contributed by atoms with E-state index in [2.05, 4.69) is 10.2 Å². The van der Waals surface area contributed by atoms with Gasteiger partial charge in [0.25, 0.3) is 0 Å². The summed E-state index contributed by atoms with van der Waals surface area (Å²) in [6.45, 7) is 0. The second-order valence-electron chi connectivity index (χ2n) is 2.29. The molecule has 0 saturated heterocycles. The van der Waals surface area contributed by atoms with Gasteiger partial charge in [0.2, 0.25) is 5.78 Å². The fourth-order valence-electron chi connectivity index (χ4n) is 0.925. The molecule has 4 heteroatoms. The first-order valence-corrected chi connectivity index (χ1v) is 3.45. The van der Waals surface area contributed by atoms with Gasteiger partial charge >= 0.3 is 0 Å². The average molecular weight is 162 g/mol. The minimum absolute atomic E-state index is 0.159. The van der Waals surface area contributed by atoms with E-state index in [1.54, 1.807) is 12.1 Å². The Balaban J connectivity index is 2.34. The van der Waals surface area contributed by atoms with Gasteiger partial charge in [-0.05, 0) is 12.1 Å². The van der Waals surface area contributed by atoms with Crippen molar-refractivity contribution in [2.24, 2.45) is 0 Å². The molecule has 12 heavy (non-hydrogen) atoms. The van der Waals surface area contributed by atoms with Crippen LogP contribution in [0, 0.1) is 0 Å². The van der Waals surface area contributed by atoms with Crippen molar-refractivity contribution in [2.75, 3.05) is 0 Å². The SMILES string of the molecule is O=C(c1cn[nH]c1)c1ccco1. The Bertz CT molecular complexity index is 325. The van der Waals surface area contributed by atoms with Gasteiger partial charge in [0, 0.05) is 6.20 Å². The first-order chi connectivity index (χ1) is 5.88. The van der Waals surface area contributed by atoms with Crippen LogP contribution in [0.25, 0.3) is 0 Å². The Morgan fingerprint density at radius 1 is 1.58 bits per heavy atom. The molecule has 0 fully saturated rings. The van der Waals surface area contributed by atoms with Crippen LogP contribution in [-0.4, -0.2) is 16.0 Å². The molecule has 0 radical (unpaired) electrons. The highest BCUT2D eigenvalue weighted by Gasteiger charge is 2.11. The molecule has 2 aromatic rings. The van der Waals surface area contributed by atoms with Gasteiger partial charge < -0.3 is 4.42 Å².